The number of rotatable bonds is 6. The van der Waals surface area contributed by atoms with E-state index in [0.717, 1.165) is 16.2 Å². The van der Waals surface area contributed by atoms with E-state index in [1.54, 1.807) is 26.0 Å². The number of non-ortho nitro benzene ring substituents is 1. The van der Waals surface area contributed by atoms with Gasteiger partial charge in [0.15, 0.2) is 5.13 Å². The number of amides is 1. The average Bonchev–Trinajstić information content (AvgIpc) is 3.39. The van der Waals surface area contributed by atoms with Gasteiger partial charge in [-0.2, -0.15) is 0 Å². The van der Waals surface area contributed by atoms with Gasteiger partial charge in [0.1, 0.15) is 16.4 Å². The first-order valence-corrected chi connectivity index (χ1v) is 11.7. The van der Waals surface area contributed by atoms with Gasteiger partial charge in [-0.25, -0.2) is 9.78 Å². The number of aliphatic hydroxyl groups is 1. The van der Waals surface area contributed by atoms with Crippen molar-refractivity contribution in [1.29, 1.82) is 0 Å². The van der Waals surface area contributed by atoms with E-state index in [0.29, 0.717) is 11.3 Å². The quantitative estimate of drug-likeness (QED) is 0.126. The number of ether oxygens (including phenoxy) is 2. The van der Waals surface area contributed by atoms with Crippen molar-refractivity contribution >= 4 is 45.6 Å². The van der Waals surface area contributed by atoms with Crippen LogP contribution in [0, 0.1) is 24.0 Å². The molecule has 1 saturated heterocycles. The van der Waals surface area contributed by atoms with Crippen molar-refractivity contribution in [3.05, 3.63) is 85.4 Å². The van der Waals surface area contributed by atoms with Crippen molar-refractivity contribution in [2.75, 3.05) is 19.1 Å². The molecular formula is C25H21N3O8S. The Morgan fingerprint density at radius 2 is 1.89 bits per heavy atom. The maximum absolute atomic E-state index is 13.3. The Labute approximate surface area is 214 Å². The minimum atomic E-state index is -1.25. The van der Waals surface area contributed by atoms with Crippen LogP contribution in [0.25, 0.3) is 5.76 Å². The molecule has 2 aromatic carbocycles. The molecule has 1 aliphatic heterocycles. The second-order valence-electron chi connectivity index (χ2n) is 8.11. The SMILES string of the molecule is COC(=O)c1sc(N2C(=O)C(=O)C(=C(O)c3ccc(OC)c(C)c3)[C@@H]2c2cccc([N+](=O)[O-])c2)nc1C. The highest BCUT2D eigenvalue weighted by Crippen LogP contribution is 2.44. The van der Waals surface area contributed by atoms with Crippen LogP contribution in [0.15, 0.2) is 48.0 Å². The number of nitro benzene ring substituents is 1. The van der Waals surface area contributed by atoms with Gasteiger partial charge in [-0.1, -0.05) is 23.5 Å². The van der Waals surface area contributed by atoms with Gasteiger partial charge in [-0.15, -0.1) is 0 Å². The third-order valence-corrected chi connectivity index (χ3v) is 7.01. The van der Waals surface area contributed by atoms with Crippen molar-refractivity contribution in [3.8, 4) is 5.75 Å². The van der Waals surface area contributed by atoms with Gasteiger partial charge in [-0.3, -0.25) is 24.6 Å². The molecule has 0 radical (unpaired) electrons. The second-order valence-corrected chi connectivity index (χ2v) is 9.09. The molecule has 1 aromatic heterocycles. The number of aliphatic hydroxyl groups excluding tert-OH is 1. The van der Waals surface area contributed by atoms with Crippen LogP contribution in [0.2, 0.25) is 0 Å². The number of carbonyl (C=O) groups is 3. The van der Waals surface area contributed by atoms with Crippen LogP contribution in [0.4, 0.5) is 10.8 Å². The van der Waals surface area contributed by atoms with Crippen LogP contribution >= 0.6 is 11.3 Å². The third-order valence-electron chi connectivity index (χ3n) is 5.87. The van der Waals surface area contributed by atoms with E-state index in [1.165, 1.54) is 44.6 Å². The van der Waals surface area contributed by atoms with E-state index in [2.05, 4.69) is 4.98 Å². The molecule has 3 aromatic rings. The standard InChI is InChI=1S/C25H21N3O8S/c1-12-10-15(8-9-17(12)35-3)20(29)18-19(14-6-5-7-16(11-14)28(33)34)27(23(31)21(18)30)25-26-13(2)22(37-25)24(32)36-4/h5-11,19,29H,1-4H3/t19-/m0/s1. The predicted molar refractivity (Wildman–Crippen MR) is 134 cm³/mol. The zero-order valence-corrected chi connectivity index (χ0v) is 21.0. The molecule has 1 atom stereocenters. The summed E-state index contributed by atoms with van der Waals surface area (Å²) in [5.41, 5.74) is 0.852. The number of hydrogen-bond donors (Lipinski definition) is 1. The summed E-state index contributed by atoms with van der Waals surface area (Å²) in [5.74, 6) is -2.59. The maximum Gasteiger partial charge on any atom is 0.350 e. The van der Waals surface area contributed by atoms with Crippen molar-refractivity contribution in [1.82, 2.24) is 4.98 Å². The predicted octanol–water partition coefficient (Wildman–Crippen LogP) is 4.09. The zero-order chi connectivity index (χ0) is 27.0. The monoisotopic (exact) mass is 523 g/mol. The fourth-order valence-electron chi connectivity index (χ4n) is 4.10. The molecule has 12 heteroatoms. The number of aromatic nitrogens is 1. The number of benzene rings is 2. The number of ketones is 1. The number of carbonyl (C=O) groups excluding carboxylic acids is 3. The van der Waals surface area contributed by atoms with E-state index >= 15 is 0 Å². The fraction of sp³-hybridized carbons (Fsp3) is 0.200. The highest BCUT2D eigenvalue weighted by molar-refractivity contribution is 7.17. The third kappa shape index (κ3) is 4.42. The Morgan fingerprint density at radius 3 is 2.51 bits per heavy atom. The van der Waals surface area contributed by atoms with Crippen LogP contribution < -0.4 is 9.64 Å². The van der Waals surface area contributed by atoms with Crippen LogP contribution in [0.1, 0.15) is 38.1 Å². The molecule has 1 aliphatic rings. The van der Waals surface area contributed by atoms with Gasteiger partial charge in [0.25, 0.3) is 11.5 Å². The molecule has 11 nitrogen and oxygen atoms in total. The maximum atomic E-state index is 13.3. The molecule has 190 valence electrons. The van der Waals surface area contributed by atoms with Crippen LogP contribution in [0.3, 0.4) is 0 Å². The molecule has 1 amide bonds. The number of hydrogen-bond acceptors (Lipinski definition) is 10. The first-order chi connectivity index (χ1) is 17.6. The minimum absolute atomic E-state index is 0.00136. The van der Waals surface area contributed by atoms with E-state index < -0.39 is 34.4 Å². The average molecular weight is 524 g/mol. The Kier molecular flexibility index (Phi) is 6.77. The lowest BCUT2D eigenvalue weighted by Crippen LogP contribution is -2.29. The van der Waals surface area contributed by atoms with Gasteiger partial charge in [-0.05, 0) is 43.2 Å². The molecule has 1 N–H and O–H groups in total. The first-order valence-electron chi connectivity index (χ1n) is 10.8. The summed E-state index contributed by atoms with van der Waals surface area (Å²) in [4.78, 5) is 55.1. The summed E-state index contributed by atoms with van der Waals surface area (Å²) in [6.07, 6.45) is 0. The van der Waals surface area contributed by atoms with Gasteiger partial charge in [0.05, 0.1) is 36.5 Å². The van der Waals surface area contributed by atoms with Gasteiger partial charge < -0.3 is 14.6 Å². The normalized spacial score (nSPS) is 16.6. The van der Waals surface area contributed by atoms with Crippen molar-refractivity contribution in [2.24, 2.45) is 0 Å². The summed E-state index contributed by atoms with van der Waals surface area (Å²) in [5, 5.41) is 22.7. The number of nitro groups is 1. The Hall–Kier alpha value is -4.58. The van der Waals surface area contributed by atoms with E-state index in [1.807, 2.05) is 0 Å². The fourth-order valence-corrected chi connectivity index (χ4v) is 5.11. The summed E-state index contributed by atoms with van der Waals surface area (Å²) in [6.45, 7) is 3.30. The summed E-state index contributed by atoms with van der Waals surface area (Å²) in [7, 11) is 2.70. The smallest absolute Gasteiger partial charge is 0.350 e. The molecule has 4 rings (SSSR count). The molecule has 2 heterocycles. The molecule has 37 heavy (non-hydrogen) atoms. The highest BCUT2D eigenvalue weighted by Gasteiger charge is 2.48. The van der Waals surface area contributed by atoms with Crippen molar-refractivity contribution in [2.45, 2.75) is 19.9 Å². The van der Waals surface area contributed by atoms with E-state index in [4.69, 9.17) is 9.47 Å². The number of nitrogens with zero attached hydrogens (tertiary/aromatic N) is 3. The molecule has 0 spiro atoms. The summed E-state index contributed by atoms with van der Waals surface area (Å²) >= 11 is 0.834. The van der Waals surface area contributed by atoms with Gasteiger partial charge in [0, 0.05) is 17.7 Å². The molecule has 0 saturated carbocycles. The zero-order valence-electron chi connectivity index (χ0n) is 20.2. The summed E-state index contributed by atoms with van der Waals surface area (Å²) in [6, 6.07) is 8.89. The molecular weight excluding hydrogens is 502 g/mol. The number of Topliss-reactive ketones (excluding diaryl/α,β-unsaturated/α-hetero) is 1. The van der Waals surface area contributed by atoms with Gasteiger partial charge >= 0.3 is 11.9 Å². The van der Waals surface area contributed by atoms with E-state index in [9.17, 15) is 29.6 Å². The lowest BCUT2D eigenvalue weighted by molar-refractivity contribution is -0.384. The Bertz CT molecular complexity index is 1490. The molecule has 1 fully saturated rings. The van der Waals surface area contributed by atoms with Crippen LogP contribution in [-0.4, -0.2) is 46.9 Å². The highest BCUT2D eigenvalue weighted by atomic mass is 32.1. The molecule has 0 unspecified atom stereocenters. The van der Waals surface area contributed by atoms with Gasteiger partial charge in [0.2, 0.25) is 0 Å². The minimum Gasteiger partial charge on any atom is -0.507 e. The Morgan fingerprint density at radius 1 is 1.16 bits per heavy atom. The number of thiazole rings is 1. The number of aryl methyl sites for hydroxylation is 2. The van der Waals surface area contributed by atoms with Crippen molar-refractivity contribution in [3.63, 3.8) is 0 Å². The van der Waals surface area contributed by atoms with Crippen LogP contribution in [0.5, 0.6) is 5.75 Å². The number of anilines is 1. The second kappa shape index (κ2) is 9.82. The molecule has 0 aliphatic carbocycles. The van der Waals surface area contributed by atoms with Crippen LogP contribution in [-0.2, 0) is 14.3 Å². The lowest BCUT2D eigenvalue weighted by atomic mass is 9.94. The molecule has 0 bridgehead atoms. The summed E-state index contributed by atoms with van der Waals surface area (Å²) < 4.78 is 10.0. The first kappa shape index (κ1) is 25.5. The van der Waals surface area contributed by atoms with E-state index in [-0.39, 0.29) is 38.1 Å². The lowest BCUT2D eigenvalue weighted by Gasteiger charge is -2.23. The topological polar surface area (TPSA) is 149 Å². The van der Waals surface area contributed by atoms with Crippen molar-refractivity contribution < 1.29 is 33.9 Å². The number of esters is 1. The number of methoxy groups -OCH3 is 2. The largest absolute Gasteiger partial charge is 0.507 e. The Balaban J connectivity index is 1.97.